The van der Waals surface area contributed by atoms with Gasteiger partial charge in [-0.1, -0.05) is 36.4 Å². The number of benzene rings is 2. The van der Waals surface area contributed by atoms with E-state index in [4.69, 9.17) is 0 Å². The molecule has 0 radical (unpaired) electrons. The molecular formula is C31H33F3N4O3. The van der Waals surface area contributed by atoms with Gasteiger partial charge < -0.3 is 21.1 Å². The lowest BCUT2D eigenvalue weighted by molar-refractivity contribution is -0.137. The molecule has 1 atom stereocenters. The maximum Gasteiger partial charge on any atom is 0.416 e. The number of alkyl halides is 3. The van der Waals surface area contributed by atoms with Gasteiger partial charge in [0.25, 0.3) is 5.91 Å². The monoisotopic (exact) mass is 566 g/mol. The highest BCUT2D eigenvalue weighted by Crippen LogP contribution is 2.44. The maximum atomic E-state index is 13.0. The second-order valence-electron chi connectivity index (χ2n) is 11.0. The molecule has 10 heteroatoms. The predicted octanol–water partition coefficient (Wildman–Crippen LogP) is 4.42. The topological polar surface area (TPSA) is 103 Å². The molecule has 41 heavy (non-hydrogen) atoms. The summed E-state index contributed by atoms with van der Waals surface area (Å²) in [4.78, 5) is 29.5. The molecule has 7 nitrogen and oxygen atoms in total. The van der Waals surface area contributed by atoms with Crippen molar-refractivity contribution in [1.29, 1.82) is 0 Å². The van der Waals surface area contributed by atoms with Gasteiger partial charge in [0.15, 0.2) is 0 Å². The van der Waals surface area contributed by atoms with E-state index < -0.39 is 34.7 Å². The summed E-state index contributed by atoms with van der Waals surface area (Å²) in [6.45, 7) is 0.952. The van der Waals surface area contributed by atoms with Crippen LogP contribution in [0.3, 0.4) is 0 Å². The summed E-state index contributed by atoms with van der Waals surface area (Å²) in [6.07, 6.45) is 2.19. The Morgan fingerprint density at radius 1 is 1.00 bits per heavy atom. The van der Waals surface area contributed by atoms with Crippen molar-refractivity contribution in [3.8, 4) is 11.1 Å². The highest BCUT2D eigenvalue weighted by molar-refractivity contribution is 5.96. The van der Waals surface area contributed by atoms with Gasteiger partial charge in [-0.05, 0) is 85.5 Å². The van der Waals surface area contributed by atoms with Gasteiger partial charge in [0.1, 0.15) is 0 Å². The number of nitrogens with zero attached hydrogens (tertiary/aromatic N) is 1. The summed E-state index contributed by atoms with van der Waals surface area (Å²) < 4.78 is 39.0. The van der Waals surface area contributed by atoms with E-state index in [9.17, 15) is 27.9 Å². The van der Waals surface area contributed by atoms with Crippen molar-refractivity contribution >= 4 is 11.8 Å². The first-order valence-corrected chi connectivity index (χ1v) is 13.8. The fraction of sp³-hybridized carbons (Fsp3) is 0.387. The number of hydrogen-bond acceptors (Lipinski definition) is 5. The number of aromatic nitrogens is 1. The summed E-state index contributed by atoms with van der Waals surface area (Å²) in [5, 5.41) is 20.4. The van der Waals surface area contributed by atoms with Gasteiger partial charge in [-0.15, -0.1) is 0 Å². The Bertz CT molecular complexity index is 1370. The Labute approximate surface area is 236 Å². The molecule has 5 rings (SSSR count). The lowest BCUT2D eigenvalue weighted by Crippen LogP contribution is -2.58. The average Bonchev–Trinajstić information content (AvgIpc) is 3.46. The van der Waals surface area contributed by atoms with Crippen molar-refractivity contribution in [2.45, 2.75) is 49.4 Å². The van der Waals surface area contributed by atoms with Gasteiger partial charge in [-0.2, -0.15) is 13.2 Å². The average molecular weight is 567 g/mol. The molecule has 2 aromatic carbocycles. The molecule has 1 saturated carbocycles. The molecule has 1 aliphatic carbocycles. The first kappa shape index (κ1) is 28.8. The Morgan fingerprint density at radius 2 is 1.76 bits per heavy atom. The van der Waals surface area contributed by atoms with E-state index in [0.717, 1.165) is 41.4 Å². The Hall–Kier alpha value is -3.76. The van der Waals surface area contributed by atoms with Gasteiger partial charge in [-0.3, -0.25) is 14.6 Å². The van der Waals surface area contributed by atoms with Gasteiger partial charge in [0.05, 0.1) is 23.2 Å². The fourth-order valence-corrected chi connectivity index (χ4v) is 6.13. The summed E-state index contributed by atoms with van der Waals surface area (Å²) in [5.41, 5.74) is 0.328. The van der Waals surface area contributed by atoms with Crippen LogP contribution in [0.5, 0.6) is 0 Å². The van der Waals surface area contributed by atoms with Crippen LogP contribution >= 0.6 is 0 Å². The standard InChI is InChI=1S/C31H33F3N4O3/c32-31(33,34)26-5-1-3-22(17-26)28(40)37-19-27(39)38-29(14-16-36-20-29)24-10-12-30(41,13-11-24)25-8-6-21(7-9-25)23-4-2-15-35-18-23/h1-9,15,17-18,24,36,41H,10-14,16,19-20H2,(H,37,40)(H,38,39)/t24?,29-,30?/m0/s1. The van der Waals surface area contributed by atoms with Gasteiger partial charge >= 0.3 is 6.18 Å². The largest absolute Gasteiger partial charge is 0.416 e. The van der Waals surface area contributed by atoms with Crippen LogP contribution in [0.25, 0.3) is 11.1 Å². The Balaban J connectivity index is 1.19. The minimum atomic E-state index is -4.56. The highest BCUT2D eigenvalue weighted by atomic mass is 19.4. The van der Waals surface area contributed by atoms with Crippen molar-refractivity contribution in [3.05, 3.63) is 89.7 Å². The quantitative estimate of drug-likeness (QED) is 0.339. The van der Waals surface area contributed by atoms with E-state index in [1.807, 2.05) is 36.4 Å². The van der Waals surface area contributed by atoms with Crippen molar-refractivity contribution in [2.24, 2.45) is 5.92 Å². The van der Waals surface area contributed by atoms with E-state index in [0.29, 0.717) is 38.6 Å². The first-order chi connectivity index (χ1) is 19.6. The minimum Gasteiger partial charge on any atom is -0.385 e. The van der Waals surface area contributed by atoms with Gasteiger partial charge in [0, 0.05) is 24.5 Å². The molecule has 1 saturated heterocycles. The van der Waals surface area contributed by atoms with Crippen molar-refractivity contribution in [2.75, 3.05) is 19.6 Å². The number of aliphatic hydroxyl groups is 1. The smallest absolute Gasteiger partial charge is 0.385 e. The third-order valence-electron chi connectivity index (χ3n) is 8.45. The van der Waals surface area contributed by atoms with Gasteiger partial charge in [-0.25, -0.2) is 0 Å². The third kappa shape index (κ3) is 6.44. The predicted molar refractivity (Wildman–Crippen MR) is 148 cm³/mol. The number of hydrogen-bond donors (Lipinski definition) is 4. The molecule has 2 fully saturated rings. The minimum absolute atomic E-state index is 0.121. The number of amides is 2. The van der Waals surface area contributed by atoms with Crippen LogP contribution in [-0.2, 0) is 16.6 Å². The lowest BCUT2D eigenvalue weighted by atomic mass is 9.68. The van der Waals surface area contributed by atoms with E-state index in [2.05, 4.69) is 20.9 Å². The second-order valence-corrected chi connectivity index (χ2v) is 11.0. The van der Waals surface area contributed by atoms with Crippen LogP contribution in [0.2, 0.25) is 0 Å². The summed E-state index contributed by atoms with van der Waals surface area (Å²) in [6, 6.07) is 15.9. The number of halogens is 3. The van der Waals surface area contributed by atoms with Crippen molar-refractivity contribution in [1.82, 2.24) is 20.9 Å². The van der Waals surface area contributed by atoms with E-state index >= 15 is 0 Å². The number of pyridine rings is 1. The molecule has 2 amide bonds. The summed E-state index contributed by atoms with van der Waals surface area (Å²) in [5.74, 6) is -1.03. The van der Waals surface area contributed by atoms with Crippen LogP contribution in [0.1, 0.15) is 53.6 Å². The second kappa shape index (κ2) is 11.6. The normalized spacial score (nSPS) is 24.5. The van der Waals surface area contributed by atoms with E-state index in [1.165, 1.54) is 6.07 Å². The number of rotatable bonds is 7. The molecular weight excluding hydrogens is 533 g/mol. The molecule has 1 aromatic heterocycles. The maximum absolute atomic E-state index is 13.0. The van der Waals surface area contributed by atoms with Crippen LogP contribution in [0.15, 0.2) is 73.1 Å². The molecule has 4 N–H and O–H groups in total. The molecule has 3 aromatic rings. The molecule has 2 aliphatic rings. The summed E-state index contributed by atoms with van der Waals surface area (Å²) >= 11 is 0. The Kier molecular flexibility index (Phi) is 8.15. The Morgan fingerprint density at radius 3 is 2.39 bits per heavy atom. The van der Waals surface area contributed by atoms with Crippen molar-refractivity contribution < 1.29 is 27.9 Å². The SMILES string of the molecule is O=C(CNC(=O)c1cccc(C(F)(F)F)c1)N[C@@]1(C2CCC(O)(c3ccc(-c4cccnc4)cc3)CC2)CCNC1. The molecule has 0 bridgehead atoms. The number of carbonyl (C=O) groups excluding carboxylic acids is 2. The fourth-order valence-electron chi connectivity index (χ4n) is 6.13. The van der Waals surface area contributed by atoms with Crippen molar-refractivity contribution in [3.63, 3.8) is 0 Å². The van der Waals surface area contributed by atoms with Crippen LogP contribution in [-0.4, -0.2) is 47.1 Å². The zero-order valence-electron chi connectivity index (χ0n) is 22.5. The highest BCUT2D eigenvalue weighted by Gasteiger charge is 2.46. The van der Waals surface area contributed by atoms with Crippen LogP contribution < -0.4 is 16.0 Å². The molecule has 0 spiro atoms. The first-order valence-electron chi connectivity index (χ1n) is 13.8. The molecule has 216 valence electrons. The lowest BCUT2D eigenvalue weighted by Gasteiger charge is -2.44. The van der Waals surface area contributed by atoms with Gasteiger partial charge in [0.2, 0.25) is 5.91 Å². The zero-order chi connectivity index (χ0) is 29.1. The molecule has 0 unspecified atom stereocenters. The summed E-state index contributed by atoms with van der Waals surface area (Å²) in [7, 11) is 0. The number of carbonyl (C=O) groups is 2. The third-order valence-corrected chi connectivity index (χ3v) is 8.45. The zero-order valence-corrected chi connectivity index (χ0v) is 22.5. The van der Waals surface area contributed by atoms with Crippen LogP contribution in [0.4, 0.5) is 13.2 Å². The molecule has 2 heterocycles. The number of nitrogens with one attached hydrogen (secondary N) is 3. The molecule has 1 aliphatic heterocycles. The van der Waals surface area contributed by atoms with E-state index in [1.54, 1.807) is 12.4 Å². The van der Waals surface area contributed by atoms with Crippen LogP contribution in [0, 0.1) is 5.92 Å². The van der Waals surface area contributed by atoms with E-state index in [-0.39, 0.29) is 18.0 Å².